The van der Waals surface area contributed by atoms with Gasteiger partial charge in [0.15, 0.2) is 5.41 Å². The number of rotatable bonds is 6. The van der Waals surface area contributed by atoms with Gasteiger partial charge >= 0.3 is 17.9 Å². The lowest BCUT2D eigenvalue weighted by Gasteiger charge is -2.45. The first-order chi connectivity index (χ1) is 17.0. The highest BCUT2D eigenvalue weighted by Gasteiger charge is 2.66. The van der Waals surface area contributed by atoms with E-state index in [-0.39, 0.29) is 12.2 Å². The van der Waals surface area contributed by atoms with Gasteiger partial charge in [-0.05, 0) is 41.3 Å². The molecule has 0 amide bonds. The van der Waals surface area contributed by atoms with Gasteiger partial charge in [0.05, 0.1) is 21.3 Å². The molecule has 0 N–H and O–H groups in total. The summed E-state index contributed by atoms with van der Waals surface area (Å²) >= 11 is 0. The largest absolute Gasteiger partial charge is 0.496 e. The topological polar surface area (TPSA) is 88.1 Å². The SMILES string of the molecule is COC(=O)C1(C(=O)OC)[C@@H](c2ccccc2OC)Cc2ccccc2[C@@H]1C(=O)Oc1ccccc1. The summed E-state index contributed by atoms with van der Waals surface area (Å²) < 4.78 is 21.7. The van der Waals surface area contributed by atoms with Crippen molar-refractivity contribution in [3.05, 3.63) is 95.6 Å². The maximum Gasteiger partial charge on any atom is 0.325 e. The zero-order valence-electron chi connectivity index (χ0n) is 19.7. The van der Waals surface area contributed by atoms with Crippen LogP contribution in [-0.4, -0.2) is 39.2 Å². The summed E-state index contributed by atoms with van der Waals surface area (Å²) in [6.07, 6.45) is 0.274. The van der Waals surface area contributed by atoms with Crippen LogP contribution >= 0.6 is 0 Å². The molecule has 1 aliphatic rings. The predicted octanol–water partition coefficient (Wildman–Crippen LogP) is 4.06. The van der Waals surface area contributed by atoms with E-state index in [1.165, 1.54) is 21.3 Å². The standard InChI is InChI=1S/C28H26O7/c1-32-23-16-10-9-15-21(23)22-17-18-11-7-8-14-20(18)24(25(29)35-19-12-5-4-6-13-19)28(22,26(30)33-2)27(31)34-3/h4-16,22,24H,17H2,1-3H3/t22-,24-/m1/s1. The van der Waals surface area contributed by atoms with Crippen molar-refractivity contribution in [3.63, 3.8) is 0 Å². The predicted molar refractivity (Wildman–Crippen MR) is 127 cm³/mol. The summed E-state index contributed by atoms with van der Waals surface area (Å²) in [4.78, 5) is 41.2. The molecule has 180 valence electrons. The molecular weight excluding hydrogens is 448 g/mol. The van der Waals surface area contributed by atoms with Crippen LogP contribution in [0.4, 0.5) is 0 Å². The number of hydrogen-bond donors (Lipinski definition) is 0. The van der Waals surface area contributed by atoms with Gasteiger partial charge in [0, 0.05) is 5.92 Å². The Morgan fingerprint density at radius 2 is 1.31 bits per heavy atom. The van der Waals surface area contributed by atoms with Crippen LogP contribution in [0.3, 0.4) is 0 Å². The molecule has 3 aromatic carbocycles. The third kappa shape index (κ3) is 4.03. The molecule has 0 aliphatic heterocycles. The van der Waals surface area contributed by atoms with Crippen LogP contribution in [0.2, 0.25) is 0 Å². The second kappa shape index (κ2) is 10.0. The Morgan fingerprint density at radius 3 is 1.94 bits per heavy atom. The lowest BCUT2D eigenvalue weighted by Crippen LogP contribution is -2.56. The van der Waals surface area contributed by atoms with Crippen molar-refractivity contribution in [1.82, 2.24) is 0 Å². The van der Waals surface area contributed by atoms with Gasteiger partial charge in [0.25, 0.3) is 0 Å². The van der Waals surface area contributed by atoms with E-state index in [0.29, 0.717) is 16.9 Å². The number of methoxy groups -OCH3 is 3. The minimum absolute atomic E-state index is 0.274. The van der Waals surface area contributed by atoms with Crippen molar-refractivity contribution in [2.24, 2.45) is 5.41 Å². The van der Waals surface area contributed by atoms with Crippen LogP contribution in [0.5, 0.6) is 11.5 Å². The minimum Gasteiger partial charge on any atom is -0.496 e. The molecule has 0 bridgehead atoms. The summed E-state index contributed by atoms with van der Waals surface area (Å²) in [6.45, 7) is 0. The summed E-state index contributed by atoms with van der Waals surface area (Å²) in [5.41, 5.74) is -0.159. The summed E-state index contributed by atoms with van der Waals surface area (Å²) in [5, 5.41) is 0. The third-order valence-electron chi connectivity index (χ3n) is 6.55. The van der Waals surface area contributed by atoms with Crippen molar-refractivity contribution in [2.45, 2.75) is 18.3 Å². The average Bonchev–Trinajstić information content (AvgIpc) is 2.91. The van der Waals surface area contributed by atoms with Gasteiger partial charge in [0.2, 0.25) is 0 Å². The van der Waals surface area contributed by atoms with Gasteiger partial charge in [-0.3, -0.25) is 14.4 Å². The molecule has 0 saturated heterocycles. The summed E-state index contributed by atoms with van der Waals surface area (Å²) in [7, 11) is 3.88. The Morgan fingerprint density at radius 1 is 0.743 bits per heavy atom. The molecule has 0 fully saturated rings. The van der Waals surface area contributed by atoms with Crippen LogP contribution in [0.1, 0.15) is 28.5 Å². The minimum atomic E-state index is -2.06. The smallest absolute Gasteiger partial charge is 0.325 e. The van der Waals surface area contributed by atoms with E-state index in [2.05, 4.69) is 0 Å². The van der Waals surface area contributed by atoms with E-state index >= 15 is 0 Å². The number of fused-ring (bicyclic) bond motifs is 1. The Hall–Kier alpha value is -4.13. The maximum absolute atomic E-state index is 13.8. The molecule has 7 nitrogen and oxygen atoms in total. The second-order valence-electron chi connectivity index (χ2n) is 8.22. The second-order valence-corrected chi connectivity index (χ2v) is 8.22. The highest BCUT2D eigenvalue weighted by molar-refractivity contribution is 6.08. The molecule has 0 radical (unpaired) electrons. The van der Waals surface area contributed by atoms with Crippen LogP contribution in [0, 0.1) is 5.41 Å². The van der Waals surface area contributed by atoms with E-state index in [0.717, 1.165) is 5.56 Å². The first-order valence-corrected chi connectivity index (χ1v) is 11.1. The van der Waals surface area contributed by atoms with Crippen LogP contribution < -0.4 is 9.47 Å². The molecule has 0 unspecified atom stereocenters. The molecule has 2 atom stereocenters. The molecule has 7 heteroatoms. The quantitative estimate of drug-likeness (QED) is 0.302. The Bertz CT molecular complexity index is 1220. The number of benzene rings is 3. The van der Waals surface area contributed by atoms with Gasteiger partial charge in [0.1, 0.15) is 17.4 Å². The first kappa shape index (κ1) is 24.0. The van der Waals surface area contributed by atoms with Gasteiger partial charge in [-0.15, -0.1) is 0 Å². The van der Waals surface area contributed by atoms with E-state index in [1.807, 2.05) is 12.1 Å². The van der Waals surface area contributed by atoms with Crippen molar-refractivity contribution in [3.8, 4) is 11.5 Å². The highest BCUT2D eigenvalue weighted by Crippen LogP contribution is 2.56. The van der Waals surface area contributed by atoms with Crippen molar-refractivity contribution < 1.29 is 33.3 Å². The molecule has 1 aliphatic carbocycles. The zero-order chi connectivity index (χ0) is 25.0. The van der Waals surface area contributed by atoms with E-state index < -0.39 is 35.2 Å². The van der Waals surface area contributed by atoms with Gasteiger partial charge < -0.3 is 18.9 Å². The molecule has 3 aromatic rings. The van der Waals surface area contributed by atoms with E-state index in [1.54, 1.807) is 66.7 Å². The molecule has 0 aromatic heterocycles. The van der Waals surface area contributed by atoms with Crippen LogP contribution in [0.15, 0.2) is 78.9 Å². The number of esters is 3. The number of carbonyl (C=O) groups excluding carboxylic acids is 3. The zero-order valence-corrected chi connectivity index (χ0v) is 19.7. The monoisotopic (exact) mass is 474 g/mol. The van der Waals surface area contributed by atoms with Gasteiger partial charge in [-0.2, -0.15) is 0 Å². The van der Waals surface area contributed by atoms with E-state index in [9.17, 15) is 14.4 Å². The molecular formula is C28H26O7. The van der Waals surface area contributed by atoms with Crippen molar-refractivity contribution >= 4 is 17.9 Å². The van der Waals surface area contributed by atoms with Gasteiger partial charge in [-0.1, -0.05) is 60.7 Å². The fraction of sp³-hybridized carbons (Fsp3) is 0.250. The Balaban J connectivity index is 2.02. The molecule has 0 spiro atoms. The van der Waals surface area contributed by atoms with Crippen molar-refractivity contribution in [1.29, 1.82) is 0 Å². The highest BCUT2D eigenvalue weighted by atomic mass is 16.6. The van der Waals surface area contributed by atoms with Gasteiger partial charge in [-0.25, -0.2) is 0 Å². The van der Waals surface area contributed by atoms with Crippen LogP contribution in [0.25, 0.3) is 0 Å². The Labute approximate surface area is 203 Å². The lowest BCUT2D eigenvalue weighted by molar-refractivity contribution is -0.178. The molecule has 0 saturated carbocycles. The fourth-order valence-corrected chi connectivity index (χ4v) is 5.06. The molecule has 4 rings (SSSR count). The number of hydrogen-bond acceptors (Lipinski definition) is 7. The number of carbonyl (C=O) groups is 3. The maximum atomic E-state index is 13.8. The fourth-order valence-electron chi connectivity index (χ4n) is 5.06. The number of para-hydroxylation sites is 2. The van der Waals surface area contributed by atoms with Crippen molar-refractivity contribution in [2.75, 3.05) is 21.3 Å². The number of ether oxygens (including phenoxy) is 4. The summed E-state index contributed by atoms with van der Waals surface area (Å²) in [6, 6.07) is 22.8. The molecule has 35 heavy (non-hydrogen) atoms. The third-order valence-corrected chi connectivity index (χ3v) is 6.55. The Kier molecular flexibility index (Phi) is 6.87. The van der Waals surface area contributed by atoms with Crippen LogP contribution in [-0.2, 0) is 30.3 Å². The normalized spacial score (nSPS) is 18.0. The lowest BCUT2D eigenvalue weighted by atomic mass is 9.56. The van der Waals surface area contributed by atoms with E-state index in [4.69, 9.17) is 18.9 Å². The molecule has 0 heterocycles. The average molecular weight is 475 g/mol. The first-order valence-electron chi connectivity index (χ1n) is 11.1. The summed E-state index contributed by atoms with van der Waals surface area (Å²) in [5.74, 6) is -3.93.